The van der Waals surface area contributed by atoms with Crippen LogP contribution < -0.4 is 10.9 Å². The Morgan fingerprint density at radius 3 is 2.60 bits per heavy atom. The van der Waals surface area contributed by atoms with E-state index in [2.05, 4.69) is 27.8 Å². The molecule has 0 radical (unpaired) electrons. The van der Waals surface area contributed by atoms with Crippen molar-refractivity contribution in [2.45, 2.75) is 76.4 Å². The molecule has 1 fully saturated rings. The number of aryl methyl sites for hydroxylation is 1. The van der Waals surface area contributed by atoms with Gasteiger partial charge in [-0.25, -0.2) is 19.3 Å². The maximum Gasteiger partial charge on any atom is 0.471 e. The molecule has 48 heavy (non-hydrogen) atoms. The number of carbonyl (C=O) groups excluding carboxylic acids is 1. The van der Waals surface area contributed by atoms with Crippen LogP contribution in [0.5, 0.6) is 0 Å². The summed E-state index contributed by atoms with van der Waals surface area (Å²) in [6.07, 6.45) is 1.93. The van der Waals surface area contributed by atoms with Crippen molar-refractivity contribution >= 4 is 28.6 Å². The van der Waals surface area contributed by atoms with Crippen molar-refractivity contribution in [2.24, 2.45) is 0 Å². The van der Waals surface area contributed by atoms with Crippen LogP contribution in [0.2, 0.25) is 0 Å². The van der Waals surface area contributed by atoms with Crippen LogP contribution >= 0.6 is 0 Å². The number of piperidine rings is 1. The number of rotatable bonds is 7. The summed E-state index contributed by atoms with van der Waals surface area (Å²) in [5.41, 5.74) is 3.72. The van der Waals surface area contributed by atoms with Crippen LogP contribution in [-0.2, 0) is 36.3 Å². The lowest BCUT2D eigenvalue weighted by molar-refractivity contribution is -0.186. The molecular weight excluding hydrogens is 625 g/mol. The first-order valence-electron chi connectivity index (χ1n) is 16.3. The summed E-state index contributed by atoms with van der Waals surface area (Å²) in [4.78, 5) is 42.4. The van der Waals surface area contributed by atoms with Crippen LogP contribution in [0.15, 0.2) is 54.0 Å². The summed E-state index contributed by atoms with van der Waals surface area (Å²) in [5.74, 6) is -1.02. The summed E-state index contributed by atoms with van der Waals surface area (Å²) in [5, 5.41) is 14.8. The lowest BCUT2D eigenvalue weighted by Gasteiger charge is -2.40. The van der Waals surface area contributed by atoms with Crippen LogP contribution in [0.25, 0.3) is 16.9 Å². The predicted molar refractivity (Wildman–Crippen MR) is 173 cm³/mol. The third-order valence-electron chi connectivity index (χ3n) is 10.0. The number of carbonyl (C=O) groups is 1. The fourth-order valence-corrected chi connectivity index (χ4v) is 7.32. The highest BCUT2D eigenvalue weighted by molar-refractivity contribution is 5.82. The number of allylic oxidation sites excluding steroid dienone is 1. The zero-order valence-electron chi connectivity index (χ0n) is 26.6. The lowest BCUT2D eigenvalue weighted by Crippen LogP contribution is -2.50. The molecule has 252 valence electrons. The fourth-order valence-electron chi connectivity index (χ4n) is 7.32. The second-order valence-electron chi connectivity index (χ2n) is 12.8. The number of aliphatic hydroxyl groups is 1. The van der Waals surface area contributed by atoms with Gasteiger partial charge >= 0.3 is 12.1 Å². The molecule has 14 heteroatoms. The minimum absolute atomic E-state index is 0.0911. The number of nitrogens with zero attached hydrogens (tertiary/aromatic N) is 7. The number of likely N-dealkylation sites (tertiary alicyclic amines) is 1. The standard InChI is InChI=1S/C34H37F3N8O3/c1-3-14-44-30(46)26-19-38-32(41-29(26)45(44)27-8-6-22-9-13-33(48,4-2)28(22)40-27)39-24-7-5-21-10-15-43(20-23(21)18-24)25-11-16-42(17-12-25)31(47)34(35,36)37/h3,5-8,18-19,25,48H,1,4,9-17,20H2,2H3,(H,38,39,41)/t33-/m1/s1. The molecule has 1 amide bonds. The van der Waals surface area contributed by atoms with E-state index in [9.17, 15) is 27.9 Å². The van der Waals surface area contributed by atoms with E-state index in [-0.39, 0.29) is 37.2 Å². The van der Waals surface area contributed by atoms with Gasteiger partial charge < -0.3 is 15.3 Å². The number of pyridine rings is 1. The Labute approximate surface area is 274 Å². The van der Waals surface area contributed by atoms with Crippen molar-refractivity contribution in [2.75, 3.05) is 25.0 Å². The average Bonchev–Trinajstić information content (AvgIpc) is 3.56. The second kappa shape index (κ2) is 12.2. The van der Waals surface area contributed by atoms with Crippen LogP contribution in [0.4, 0.5) is 24.8 Å². The summed E-state index contributed by atoms with van der Waals surface area (Å²) in [7, 11) is 0. The molecule has 3 aliphatic rings. The quantitative estimate of drug-likeness (QED) is 0.280. The summed E-state index contributed by atoms with van der Waals surface area (Å²) < 4.78 is 41.9. The second-order valence-corrected chi connectivity index (χ2v) is 12.8. The highest BCUT2D eigenvalue weighted by Crippen LogP contribution is 2.38. The van der Waals surface area contributed by atoms with E-state index in [4.69, 9.17) is 9.97 Å². The molecule has 2 aliphatic heterocycles. The Morgan fingerprint density at radius 1 is 1.10 bits per heavy atom. The third-order valence-corrected chi connectivity index (χ3v) is 10.0. The smallest absolute Gasteiger partial charge is 0.384 e. The molecule has 2 N–H and O–H groups in total. The highest BCUT2D eigenvalue weighted by atomic mass is 19.4. The van der Waals surface area contributed by atoms with E-state index in [1.807, 2.05) is 31.2 Å². The first kappa shape index (κ1) is 32.0. The topological polar surface area (TPSA) is 121 Å². The Kier molecular flexibility index (Phi) is 8.10. The fraction of sp³-hybridized carbons (Fsp3) is 0.441. The Bertz CT molecular complexity index is 1960. The number of fused-ring (bicyclic) bond motifs is 3. The van der Waals surface area contributed by atoms with Crippen molar-refractivity contribution in [3.63, 3.8) is 0 Å². The number of alkyl halides is 3. The Morgan fingerprint density at radius 2 is 1.88 bits per heavy atom. The van der Waals surface area contributed by atoms with Gasteiger partial charge in [-0.1, -0.05) is 25.1 Å². The monoisotopic (exact) mass is 662 g/mol. The molecule has 0 spiro atoms. The number of halogens is 3. The van der Waals surface area contributed by atoms with Crippen molar-refractivity contribution in [3.8, 4) is 5.82 Å². The van der Waals surface area contributed by atoms with Gasteiger partial charge in [0.1, 0.15) is 11.0 Å². The molecule has 11 nitrogen and oxygen atoms in total. The van der Waals surface area contributed by atoms with Gasteiger partial charge in [0.15, 0.2) is 11.5 Å². The number of hydrogen-bond donors (Lipinski definition) is 2. The third kappa shape index (κ3) is 5.66. The van der Waals surface area contributed by atoms with Gasteiger partial charge in [0.2, 0.25) is 5.95 Å². The molecule has 4 aromatic rings. The van der Waals surface area contributed by atoms with Crippen LogP contribution in [-0.4, -0.2) is 77.0 Å². The first-order valence-corrected chi connectivity index (χ1v) is 16.3. The van der Waals surface area contributed by atoms with Gasteiger partial charge in [0.05, 0.1) is 12.2 Å². The van der Waals surface area contributed by atoms with Crippen LogP contribution in [0.1, 0.15) is 55.0 Å². The number of benzene rings is 1. The van der Waals surface area contributed by atoms with Crippen LogP contribution in [0.3, 0.4) is 0 Å². The molecule has 1 atom stereocenters. The molecule has 3 aromatic heterocycles. The summed E-state index contributed by atoms with van der Waals surface area (Å²) in [6, 6.07) is 9.91. The van der Waals surface area contributed by atoms with Crippen molar-refractivity contribution < 1.29 is 23.1 Å². The Hall–Kier alpha value is -4.56. The van der Waals surface area contributed by atoms with Crippen molar-refractivity contribution in [3.05, 3.63) is 81.9 Å². The average molecular weight is 663 g/mol. The molecule has 0 unspecified atom stereocenters. The van der Waals surface area contributed by atoms with Crippen LogP contribution in [0, 0.1) is 0 Å². The number of nitrogens with one attached hydrogen (secondary N) is 1. The minimum Gasteiger partial charge on any atom is -0.384 e. The molecular formula is C34H37F3N8O3. The van der Waals surface area contributed by atoms with Gasteiger partial charge in [0.25, 0.3) is 5.56 Å². The highest BCUT2D eigenvalue weighted by Gasteiger charge is 2.44. The first-order chi connectivity index (χ1) is 23.0. The molecule has 1 aliphatic carbocycles. The van der Waals surface area contributed by atoms with E-state index in [1.54, 1.807) is 10.8 Å². The molecule has 1 saturated heterocycles. The van der Waals surface area contributed by atoms with Gasteiger partial charge in [-0.3, -0.25) is 14.5 Å². The molecule has 0 bridgehead atoms. The molecule has 7 rings (SSSR count). The molecule has 1 aromatic carbocycles. The van der Waals surface area contributed by atoms with E-state index < -0.39 is 17.7 Å². The molecule has 5 heterocycles. The van der Waals surface area contributed by atoms with Gasteiger partial charge in [0, 0.05) is 44.1 Å². The SMILES string of the molecule is C=CCn1c(=O)c2cnc(Nc3ccc4c(c3)CN(C3CCN(C(=O)C(F)(F)F)CC3)CC4)nc2n1-c1ccc2c(n1)[C@@](O)(CC)CC2. The van der Waals surface area contributed by atoms with Gasteiger partial charge in [-0.15, -0.1) is 6.58 Å². The number of aromatic nitrogens is 5. The summed E-state index contributed by atoms with van der Waals surface area (Å²) >= 11 is 0. The minimum atomic E-state index is -4.85. The maximum absolute atomic E-state index is 13.5. The Balaban J connectivity index is 1.14. The van der Waals surface area contributed by atoms with E-state index in [1.165, 1.54) is 16.4 Å². The summed E-state index contributed by atoms with van der Waals surface area (Å²) in [6.45, 7) is 7.58. The van der Waals surface area contributed by atoms with E-state index >= 15 is 0 Å². The largest absolute Gasteiger partial charge is 0.471 e. The van der Waals surface area contributed by atoms with Crippen molar-refractivity contribution in [1.82, 2.24) is 34.1 Å². The van der Waals surface area contributed by atoms with Gasteiger partial charge in [-0.05, 0) is 73.4 Å². The number of hydrogen-bond acceptors (Lipinski definition) is 8. The maximum atomic E-state index is 13.5. The van der Waals surface area contributed by atoms with Gasteiger partial charge in [-0.2, -0.15) is 18.2 Å². The predicted octanol–water partition coefficient (Wildman–Crippen LogP) is 4.36. The van der Waals surface area contributed by atoms with E-state index in [0.717, 1.165) is 41.1 Å². The normalized spacial score (nSPS) is 20.1. The zero-order chi connectivity index (χ0) is 33.8. The van der Waals surface area contributed by atoms with E-state index in [0.29, 0.717) is 54.8 Å². The number of anilines is 2. The lowest BCUT2D eigenvalue weighted by atomic mass is 9.95. The molecule has 0 saturated carbocycles. The number of amides is 1. The zero-order valence-corrected chi connectivity index (χ0v) is 26.6. The van der Waals surface area contributed by atoms with Crippen molar-refractivity contribution in [1.29, 1.82) is 0 Å².